The van der Waals surface area contributed by atoms with Crippen LogP contribution in [0.25, 0.3) is 0 Å². The summed E-state index contributed by atoms with van der Waals surface area (Å²) in [7, 11) is -2.66. The molecule has 2 aliphatic rings. The number of sulfonamides is 1. The third-order valence-electron chi connectivity index (χ3n) is 4.95. The zero-order valence-corrected chi connectivity index (χ0v) is 17.0. The molecule has 0 saturated carbocycles. The molecule has 6 nitrogen and oxygen atoms in total. The fourth-order valence-corrected chi connectivity index (χ4v) is 5.51. The number of primary sulfonamides is 1. The smallest absolute Gasteiger partial charge is 0.432 e. The van der Waals surface area contributed by atoms with E-state index < -0.39 is 39.0 Å². The van der Waals surface area contributed by atoms with E-state index in [1.165, 1.54) is 43.5 Å². The molecule has 0 spiro atoms. The van der Waals surface area contributed by atoms with Crippen molar-refractivity contribution in [1.29, 1.82) is 0 Å². The molecular formula is C18H15F4N3O3S2. The molecule has 2 unspecified atom stereocenters. The van der Waals surface area contributed by atoms with E-state index in [0.29, 0.717) is 5.56 Å². The molecule has 0 aliphatic carbocycles. The molecule has 2 aromatic carbocycles. The lowest BCUT2D eigenvalue weighted by Gasteiger charge is -2.34. The van der Waals surface area contributed by atoms with Crippen LogP contribution in [0.4, 0.5) is 23.2 Å². The Morgan fingerprint density at radius 2 is 1.87 bits per heavy atom. The Bertz CT molecular complexity index is 1130. The normalized spacial score (nSPS) is 21.1. The molecule has 0 aromatic heterocycles. The first kappa shape index (κ1) is 20.9. The average Bonchev–Trinajstić information content (AvgIpc) is 3.08. The second-order valence-corrected chi connectivity index (χ2v) is 9.38. The Balaban J connectivity index is 1.84. The van der Waals surface area contributed by atoms with Gasteiger partial charge in [-0.2, -0.15) is 18.3 Å². The fraction of sp³-hybridized carbons (Fsp3) is 0.278. The summed E-state index contributed by atoms with van der Waals surface area (Å²) >= 11 is 0.947. The fourth-order valence-electron chi connectivity index (χ4n) is 3.57. The number of rotatable bonds is 3. The molecule has 0 amide bonds. The van der Waals surface area contributed by atoms with Gasteiger partial charge in [0.2, 0.25) is 10.0 Å². The van der Waals surface area contributed by atoms with Crippen molar-refractivity contribution in [3.63, 3.8) is 0 Å². The van der Waals surface area contributed by atoms with Gasteiger partial charge in [-0.3, -0.25) is 5.01 Å². The van der Waals surface area contributed by atoms with E-state index in [9.17, 15) is 26.0 Å². The van der Waals surface area contributed by atoms with Crippen LogP contribution in [0.1, 0.15) is 17.2 Å². The lowest BCUT2D eigenvalue weighted by atomic mass is 9.95. The number of nitrogens with zero attached hydrogens (tertiary/aromatic N) is 2. The van der Waals surface area contributed by atoms with Gasteiger partial charge in [-0.15, -0.1) is 11.8 Å². The maximum atomic E-state index is 14.8. The molecule has 160 valence electrons. The predicted octanol–water partition coefficient (Wildman–Crippen LogP) is 3.58. The Morgan fingerprint density at radius 3 is 2.43 bits per heavy atom. The maximum absolute atomic E-state index is 14.8. The lowest BCUT2D eigenvalue weighted by Crippen LogP contribution is -2.36. The molecule has 0 saturated heterocycles. The van der Waals surface area contributed by atoms with Crippen LogP contribution in [0.2, 0.25) is 0 Å². The molecule has 4 rings (SSSR count). The van der Waals surface area contributed by atoms with Crippen LogP contribution in [0.15, 0.2) is 46.4 Å². The number of thioether (sulfide) groups is 1. The van der Waals surface area contributed by atoms with Gasteiger partial charge in [0.15, 0.2) is 17.3 Å². The highest BCUT2D eigenvalue weighted by Crippen LogP contribution is 2.50. The Kier molecular flexibility index (Phi) is 4.98. The number of nitrogens with two attached hydrogens (primary N) is 1. The highest BCUT2D eigenvalue weighted by molar-refractivity contribution is 8.00. The topological polar surface area (TPSA) is 85.0 Å². The van der Waals surface area contributed by atoms with Gasteiger partial charge in [0, 0.05) is 11.3 Å². The van der Waals surface area contributed by atoms with E-state index in [2.05, 4.69) is 5.10 Å². The van der Waals surface area contributed by atoms with Crippen LogP contribution in [-0.2, 0) is 15.8 Å². The molecule has 0 fully saturated rings. The van der Waals surface area contributed by atoms with Gasteiger partial charge in [-0.05, 0) is 35.9 Å². The number of halogens is 4. The van der Waals surface area contributed by atoms with Crippen molar-refractivity contribution in [2.24, 2.45) is 10.2 Å². The van der Waals surface area contributed by atoms with Crippen molar-refractivity contribution in [2.45, 2.75) is 28.1 Å². The minimum atomic E-state index is -4.67. The average molecular weight is 461 g/mol. The van der Waals surface area contributed by atoms with Gasteiger partial charge in [-0.1, -0.05) is 6.07 Å². The third kappa shape index (κ3) is 3.42. The minimum Gasteiger partial charge on any atom is -0.494 e. The van der Waals surface area contributed by atoms with E-state index in [0.717, 1.165) is 16.8 Å². The first-order chi connectivity index (χ1) is 14.0. The second-order valence-electron chi connectivity index (χ2n) is 6.69. The molecular weight excluding hydrogens is 446 g/mol. The van der Waals surface area contributed by atoms with E-state index in [1.807, 2.05) is 0 Å². The standard InChI is InChI=1S/C18H15F4N3O3S2/c1-28-13-7-6-11-12(14(13)19)8-29-16-15(11)25(24-17(16)18(20,21)22)9-2-4-10(5-3-9)30(23,26)27/h2-7,15-16H,8H2,1H3,(H2,23,26,27). The summed E-state index contributed by atoms with van der Waals surface area (Å²) in [5.74, 6) is -0.579. The van der Waals surface area contributed by atoms with Crippen LogP contribution in [0.5, 0.6) is 5.75 Å². The minimum absolute atomic E-state index is 0.00631. The summed E-state index contributed by atoms with van der Waals surface area (Å²) in [6.07, 6.45) is -4.67. The molecule has 2 aliphatic heterocycles. The van der Waals surface area contributed by atoms with Crippen LogP contribution in [-0.4, -0.2) is 32.7 Å². The molecule has 0 bridgehead atoms. The predicted molar refractivity (Wildman–Crippen MR) is 105 cm³/mol. The number of hydrogen-bond donors (Lipinski definition) is 1. The number of hydrogen-bond acceptors (Lipinski definition) is 6. The summed E-state index contributed by atoms with van der Waals surface area (Å²) in [4.78, 5) is -0.184. The summed E-state index contributed by atoms with van der Waals surface area (Å²) in [6, 6.07) is 7.00. The summed E-state index contributed by atoms with van der Waals surface area (Å²) < 4.78 is 83.6. The number of methoxy groups -OCH3 is 1. The van der Waals surface area contributed by atoms with Crippen LogP contribution in [0, 0.1) is 5.82 Å². The molecule has 0 radical (unpaired) electrons. The highest BCUT2D eigenvalue weighted by Gasteiger charge is 2.53. The molecule has 30 heavy (non-hydrogen) atoms. The molecule has 12 heteroatoms. The number of fused-ring (bicyclic) bond motifs is 3. The van der Waals surface area contributed by atoms with Crippen molar-refractivity contribution < 1.29 is 30.7 Å². The van der Waals surface area contributed by atoms with Gasteiger partial charge >= 0.3 is 6.18 Å². The number of anilines is 1. The Hall–Kier alpha value is -2.31. The molecule has 2 N–H and O–H groups in total. The first-order valence-corrected chi connectivity index (χ1v) is 11.2. The SMILES string of the molecule is COc1ccc2c(c1F)CSC1C(C(F)(F)F)=NN(c3ccc(S(N)(=O)=O)cc3)C21. The van der Waals surface area contributed by atoms with Gasteiger partial charge in [-0.25, -0.2) is 17.9 Å². The van der Waals surface area contributed by atoms with Gasteiger partial charge in [0.05, 0.1) is 29.0 Å². The van der Waals surface area contributed by atoms with Crippen molar-refractivity contribution in [3.05, 3.63) is 53.3 Å². The third-order valence-corrected chi connectivity index (χ3v) is 7.17. The largest absolute Gasteiger partial charge is 0.494 e. The maximum Gasteiger partial charge on any atom is 0.432 e. The van der Waals surface area contributed by atoms with Crippen molar-refractivity contribution in [1.82, 2.24) is 0 Å². The number of alkyl halides is 3. The van der Waals surface area contributed by atoms with E-state index in [4.69, 9.17) is 9.88 Å². The van der Waals surface area contributed by atoms with E-state index in [-0.39, 0.29) is 27.6 Å². The summed E-state index contributed by atoms with van der Waals surface area (Å²) in [6.45, 7) is 0. The van der Waals surface area contributed by atoms with Crippen molar-refractivity contribution in [3.8, 4) is 5.75 Å². The molecule has 2 aromatic rings. The molecule has 2 heterocycles. The van der Waals surface area contributed by atoms with Crippen LogP contribution < -0.4 is 14.9 Å². The van der Waals surface area contributed by atoms with Gasteiger partial charge in [0.1, 0.15) is 0 Å². The Labute approximate surface area is 173 Å². The van der Waals surface area contributed by atoms with Gasteiger partial charge in [0.25, 0.3) is 0 Å². The van der Waals surface area contributed by atoms with E-state index in [1.54, 1.807) is 0 Å². The van der Waals surface area contributed by atoms with Gasteiger partial charge < -0.3 is 4.74 Å². The highest BCUT2D eigenvalue weighted by atomic mass is 32.2. The van der Waals surface area contributed by atoms with Crippen molar-refractivity contribution in [2.75, 3.05) is 12.1 Å². The number of benzene rings is 2. The molecule has 2 atom stereocenters. The van der Waals surface area contributed by atoms with Crippen LogP contribution >= 0.6 is 11.8 Å². The first-order valence-electron chi connectivity index (χ1n) is 8.57. The summed E-state index contributed by atoms with van der Waals surface area (Å²) in [5.41, 5.74) is -0.128. The van der Waals surface area contributed by atoms with Crippen LogP contribution in [0.3, 0.4) is 0 Å². The zero-order valence-electron chi connectivity index (χ0n) is 15.4. The van der Waals surface area contributed by atoms with Crippen molar-refractivity contribution >= 4 is 33.2 Å². The monoisotopic (exact) mass is 461 g/mol. The van der Waals surface area contributed by atoms with E-state index >= 15 is 0 Å². The Morgan fingerprint density at radius 1 is 1.20 bits per heavy atom. The second kappa shape index (κ2) is 7.13. The number of ether oxygens (including phenoxy) is 1. The lowest BCUT2D eigenvalue weighted by molar-refractivity contribution is -0.0597. The quantitative estimate of drug-likeness (QED) is 0.707. The zero-order chi connectivity index (χ0) is 21.8. The summed E-state index contributed by atoms with van der Waals surface area (Å²) in [5, 5.41) is 8.97. The number of hydrazone groups is 1.